The molecule has 0 aromatic rings. The van der Waals surface area contributed by atoms with E-state index in [9.17, 15) is 15.0 Å². The lowest BCUT2D eigenvalue weighted by molar-refractivity contribution is -0.267. The van der Waals surface area contributed by atoms with Crippen molar-refractivity contribution in [1.82, 2.24) is 0 Å². The Kier molecular flexibility index (Phi) is 12.2. The summed E-state index contributed by atoms with van der Waals surface area (Å²) >= 11 is 0. The largest absolute Gasteiger partial charge is 0.459 e. The number of ether oxygens (including phenoxy) is 10. The van der Waals surface area contributed by atoms with Gasteiger partial charge in [-0.15, -0.1) is 0 Å². The Morgan fingerprint density at radius 2 is 1.46 bits per heavy atom. The molecule has 10 heterocycles. The molecule has 0 saturated carbocycles. The molecule has 0 spiro atoms. The first-order valence-electron chi connectivity index (χ1n) is 20.8. The molecule has 54 heavy (non-hydrogen) atoms. The van der Waals surface area contributed by atoms with Gasteiger partial charge >= 0.3 is 5.97 Å². The van der Waals surface area contributed by atoms with E-state index in [4.69, 9.17) is 47.4 Å². The maximum Gasteiger partial charge on any atom is 0.308 e. The van der Waals surface area contributed by atoms with Gasteiger partial charge in [-0.05, 0) is 62.0 Å². The first-order valence-corrected chi connectivity index (χ1v) is 20.8. The Morgan fingerprint density at radius 1 is 0.759 bits per heavy atom. The topological polar surface area (TPSA) is 150 Å². The van der Waals surface area contributed by atoms with Crippen LogP contribution in [-0.4, -0.2) is 139 Å². The minimum absolute atomic E-state index is 0.00348. The molecule has 304 valence electrons. The first kappa shape index (κ1) is 39.3. The van der Waals surface area contributed by atoms with Crippen LogP contribution in [0.3, 0.4) is 0 Å². The van der Waals surface area contributed by atoms with Crippen LogP contribution in [0, 0.1) is 5.92 Å². The highest BCUT2D eigenvalue weighted by atomic mass is 16.8. The van der Waals surface area contributed by atoms with Gasteiger partial charge in [0.2, 0.25) is 0 Å². The van der Waals surface area contributed by atoms with E-state index in [1.807, 2.05) is 0 Å². The molecule has 13 unspecified atom stereocenters. The standard InChI is InChI=1S/C34H50O12.C7H12O/c1-4-17-9-15(2)16(3)22(38-17)12-24-26(13-25-23(41-24)11-19(36)20(40-25)7-8-35)42-28(37)10-18-5-6-21-30(39-18)33-34-32(43-21)31-27(44-34)14-29(45-31)46-33;1-3-7-4-6(2)5-8-7/h15,17-27,29-36H,3-14H2,1-2H3;7H,2-5H2,1H3/t15?,17?,18-,19?,20?,21?,22?,23+,24+,25+,26?,27-,29-,30?,31?,32?,33?,34?;/m1./s1. The highest BCUT2D eigenvalue weighted by Crippen LogP contribution is 2.49. The lowest BCUT2D eigenvalue weighted by Gasteiger charge is -2.48. The minimum Gasteiger partial charge on any atom is -0.459 e. The van der Waals surface area contributed by atoms with Crippen LogP contribution in [0.25, 0.3) is 0 Å². The van der Waals surface area contributed by atoms with Crippen molar-refractivity contribution in [3.05, 3.63) is 24.3 Å². The summed E-state index contributed by atoms with van der Waals surface area (Å²) in [6, 6.07) is 0. The van der Waals surface area contributed by atoms with Crippen LogP contribution in [0.15, 0.2) is 24.3 Å². The summed E-state index contributed by atoms with van der Waals surface area (Å²) in [4.78, 5) is 13.6. The normalized spacial score (nSPS) is 49.1. The molecule has 10 saturated heterocycles. The number of fused-ring (bicyclic) bond motifs is 2. The molecule has 6 bridgehead atoms. The lowest BCUT2D eigenvalue weighted by Crippen LogP contribution is -2.61. The maximum atomic E-state index is 13.6. The summed E-state index contributed by atoms with van der Waals surface area (Å²) in [5.41, 5.74) is 2.28. The van der Waals surface area contributed by atoms with Crippen LogP contribution in [-0.2, 0) is 52.2 Å². The summed E-state index contributed by atoms with van der Waals surface area (Å²) in [5.74, 6) is -0.0348. The van der Waals surface area contributed by atoms with Crippen molar-refractivity contribution in [3.63, 3.8) is 0 Å². The average molecular weight is 763 g/mol. The SMILES string of the molecule is C=C1C(C)CC(CC)OC1C[C@@H]1O[C@H]2CC(O)C(CCO)O[C@H]2CC1OC(=O)C[C@H]1CCC2OC3C4O[C@@H]5C[C@@H](OC4C2O1)OC35.C=C1COC(CC)C1. The number of aliphatic hydroxyl groups is 2. The summed E-state index contributed by atoms with van der Waals surface area (Å²) in [5, 5.41) is 20.2. The van der Waals surface area contributed by atoms with Gasteiger partial charge in [-0.2, -0.15) is 0 Å². The zero-order chi connectivity index (χ0) is 37.7. The third kappa shape index (κ3) is 8.12. The van der Waals surface area contributed by atoms with Gasteiger partial charge in [0.15, 0.2) is 6.29 Å². The molecule has 0 aromatic carbocycles. The van der Waals surface area contributed by atoms with Gasteiger partial charge in [-0.1, -0.05) is 33.9 Å². The van der Waals surface area contributed by atoms with Crippen molar-refractivity contribution < 1.29 is 62.4 Å². The smallest absolute Gasteiger partial charge is 0.308 e. The summed E-state index contributed by atoms with van der Waals surface area (Å²) in [7, 11) is 0. The average Bonchev–Trinajstić information content (AvgIpc) is 3.79. The van der Waals surface area contributed by atoms with Crippen molar-refractivity contribution in [2.24, 2.45) is 5.92 Å². The van der Waals surface area contributed by atoms with Crippen LogP contribution >= 0.6 is 0 Å². The van der Waals surface area contributed by atoms with Crippen LogP contribution in [0.1, 0.15) is 97.8 Å². The monoisotopic (exact) mass is 762 g/mol. The van der Waals surface area contributed by atoms with Gasteiger partial charge in [0.1, 0.15) is 36.6 Å². The maximum absolute atomic E-state index is 13.6. The van der Waals surface area contributed by atoms with Crippen molar-refractivity contribution >= 4 is 5.97 Å². The molecule has 0 aliphatic carbocycles. The van der Waals surface area contributed by atoms with E-state index in [2.05, 4.69) is 33.9 Å². The highest BCUT2D eigenvalue weighted by Gasteiger charge is 2.64. The van der Waals surface area contributed by atoms with Gasteiger partial charge in [0.05, 0.1) is 80.2 Å². The number of carbonyl (C=O) groups is 1. The second-order valence-corrected chi connectivity index (χ2v) is 17.1. The van der Waals surface area contributed by atoms with Gasteiger partial charge in [0, 0.05) is 32.3 Å². The van der Waals surface area contributed by atoms with Crippen LogP contribution < -0.4 is 0 Å². The van der Waals surface area contributed by atoms with Gasteiger partial charge in [0.25, 0.3) is 0 Å². The third-order valence-corrected chi connectivity index (χ3v) is 13.3. The number of hydrogen-bond donors (Lipinski definition) is 2. The van der Waals surface area contributed by atoms with Crippen molar-refractivity contribution in [1.29, 1.82) is 0 Å². The fourth-order valence-corrected chi connectivity index (χ4v) is 10.2. The number of carbonyl (C=O) groups excluding carboxylic acids is 1. The quantitative estimate of drug-likeness (QED) is 0.259. The Balaban J connectivity index is 0.000000461. The molecule has 10 fully saturated rings. The van der Waals surface area contributed by atoms with Crippen LogP contribution in [0.4, 0.5) is 0 Å². The molecular weight excluding hydrogens is 700 g/mol. The van der Waals surface area contributed by atoms with Crippen molar-refractivity contribution in [2.45, 2.75) is 208 Å². The second kappa shape index (κ2) is 16.8. The molecular formula is C41H62O13. The number of rotatable bonds is 9. The van der Waals surface area contributed by atoms with Crippen molar-refractivity contribution in [3.8, 4) is 0 Å². The molecule has 0 radical (unpaired) electrons. The zero-order valence-corrected chi connectivity index (χ0v) is 32.2. The van der Waals surface area contributed by atoms with E-state index < -0.39 is 24.4 Å². The molecule has 10 aliphatic heterocycles. The highest BCUT2D eigenvalue weighted by molar-refractivity contribution is 5.70. The zero-order valence-electron chi connectivity index (χ0n) is 32.2. The summed E-state index contributed by atoms with van der Waals surface area (Å²) in [6.45, 7) is 15.3. The fraction of sp³-hybridized carbons (Fsp3) is 0.878. The molecule has 10 aliphatic rings. The third-order valence-electron chi connectivity index (χ3n) is 13.3. The first-order chi connectivity index (χ1) is 26.1. The number of esters is 1. The van der Waals surface area contributed by atoms with E-state index in [1.165, 1.54) is 5.57 Å². The van der Waals surface area contributed by atoms with E-state index in [-0.39, 0.29) is 98.5 Å². The Hall–Kier alpha value is -1.49. The number of hydrogen-bond acceptors (Lipinski definition) is 13. The lowest BCUT2D eigenvalue weighted by atomic mass is 9.83. The molecule has 10 rings (SSSR count). The van der Waals surface area contributed by atoms with E-state index in [0.717, 1.165) is 44.3 Å². The molecule has 2 N–H and O–H groups in total. The van der Waals surface area contributed by atoms with E-state index >= 15 is 0 Å². The number of aliphatic hydroxyl groups excluding tert-OH is 2. The van der Waals surface area contributed by atoms with Gasteiger partial charge < -0.3 is 57.6 Å². The Bertz CT molecular complexity index is 1340. The molecule has 19 atom stereocenters. The minimum atomic E-state index is -0.736. The van der Waals surface area contributed by atoms with E-state index in [0.29, 0.717) is 50.5 Å². The second-order valence-electron chi connectivity index (χ2n) is 17.1. The predicted molar refractivity (Wildman–Crippen MR) is 192 cm³/mol. The predicted octanol–water partition coefficient (Wildman–Crippen LogP) is 3.83. The van der Waals surface area contributed by atoms with E-state index in [1.54, 1.807) is 0 Å². The Labute approximate surface area is 319 Å². The van der Waals surface area contributed by atoms with Crippen molar-refractivity contribution in [2.75, 3.05) is 13.2 Å². The molecule has 13 nitrogen and oxygen atoms in total. The summed E-state index contributed by atoms with van der Waals surface area (Å²) < 4.78 is 62.4. The fourth-order valence-electron chi connectivity index (χ4n) is 10.2. The molecule has 0 amide bonds. The van der Waals surface area contributed by atoms with Crippen LogP contribution in [0.5, 0.6) is 0 Å². The molecule has 0 aromatic heterocycles. The van der Waals surface area contributed by atoms with Crippen LogP contribution in [0.2, 0.25) is 0 Å². The van der Waals surface area contributed by atoms with Gasteiger partial charge in [-0.25, -0.2) is 0 Å². The van der Waals surface area contributed by atoms with Gasteiger partial charge in [-0.3, -0.25) is 4.79 Å². The summed E-state index contributed by atoms with van der Waals surface area (Å²) in [6.07, 6.45) is 3.58. The Morgan fingerprint density at radius 3 is 2.20 bits per heavy atom. The molecule has 13 heteroatoms.